The maximum absolute atomic E-state index is 10.5. The van der Waals surface area contributed by atoms with Crippen molar-refractivity contribution in [1.82, 2.24) is 0 Å². The molecule has 1 rings (SSSR count). The standard InChI is InChI=1S/C9H14O/c1-3-8(2)6-9(7-10)4-5-9/h7H,2-6H2,1H3. The van der Waals surface area contributed by atoms with Crippen LogP contribution < -0.4 is 0 Å². The van der Waals surface area contributed by atoms with Crippen LogP contribution in [0, 0.1) is 5.41 Å². The predicted molar refractivity (Wildman–Crippen MR) is 41.8 cm³/mol. The van der Waals surface area contributed by atoms with Crippen molar-refractivity contribution in [3.05, 3.63) is 12.2 Å². The first-order chi connectivity index (χ1) is 4.72. The summed E-state index contributed by atoms with van der Waals surface area (Å²) in [5.74, 6) is 0. The molecule has 0 aromatic carbocycles. The zero-order chi connectivity index (χ0) is 7.61. The number of hydrogen-bond donors (Lipinski definition) is 0. The summed E-state index contributed by atoms with van der Waals surface area (Å²) >= 11 is 0. The fourth-order valence-electron chi connectivity index (χ4n) is 1.12. The SMILES string of the molecule is C=C(CC)CC1(C=O)CC1. The van der Waals surface area contributed by atoms with Crippen LogP contribution in [0.2, 0.25) is 0 Å². The van der Waals surface area contributed by atoms with E-state index in [1.807, 2.05) is 0 Å². The van der Waals surface area contributed by atoms with E-state index in [-0.39, 0.29) is 5.41 Å². The van der Waals surface area contributed by atoms with E-state index in [0.717, 1.165) is 32.0 Å². The molecule has 0 saturated heterocycles. The van der Waals surface area contributed by atoms with Crippen LogP contribution in [-0.2, 0) is 4.79 Å². The molecule has 0 N–H and O–H groups in total. The largest absolute Gasteiger partial charge is 0.303 e. The molecule has 0 aliphatic heterocycles. The lowest BCUT2D eigenvalue weighted by atomic mass is 9.98. The zero-order valence-electron chi connectivity index (χ0n) is 6.52. The maximum atomic E-state index is 10.5. The highest BCUT2D eigenvalue weighted by atomic mass is 16.1. The van der Waals surface area contributed by atoms with Crippen molar-refractivity contribution in [2.24, 2.45) is 5.41 Å². The van der Waals surface area contributed by atoms with Crippen LogP contribution in [-0.4, -0.2) is 6.29 Å². The molecule has 1 nitrogen and oxygen atoms in total. The summed E-state index contributed by atoms with van der Waals surface area (Å²) in [5, 5.41) is 0. The molecule has 0 atom stereocenters. The van der Waals surface area contributed by atoms with Gasteiger partial charge in [0.05, 0.1) is 0 Å². The summed E-state index contributed by atoms with van der Waals surface area (Å²) in [7, 11) is 0. The highest BCUT2D eigenvalue weighted by Crippen LogP contribution is 2.48. The second kappa shape index (κ2) is 2.57. The van der Waals surface area contributed by atoms with E-state index in [1.165, 1.54) is 5.57 Å². The molecule has 0 radical (unpaired) electrons. The molecule has 0 aromatic heterocycles. The van der Waals surface area contributed by atoms with Gasteiger partial charge in [-0.1, -0.05) is 19.1 Å². The molecule has 0 unspecified atom stereocenters. The van der Waals surface area contributed by atoms with E-state index in [1.54, 1.807) is 0 Å². The molecular formula is C9H14O. The highest BCUT2D eigenvalue weighted by molar-refractivity contribution is 5.64. The van der Waals surface area contributed by atoms with Gasteiger partial charge >= 0.3 is 0 Å². The second-order valence-electron chi connectivity index (χ2n) is 3.26. The first-order valence-corrected chi connectivity index (χ1v) is 3.85. The summed E-state index contributed by atoms with van der Waals surface area (Å²) in [4.78, 5) is 10.5. The Morgan fingerprint density at radius 1 is 1.70 bits per heavy atom. The van der Waals surface area contributed by atoms with Crippen LogP contribution in [0.1, 0.15) is 32.6 Å². The van der Waals surface area contributed by atoms with Crippen LogP contribution in [0.3, 0.4) is 0 Å². The fraction of sp³-hybridized carbons (Fsp3) is 0.667. The summed E-state index contributed by atoms with van der Waals surface area (Å²) < 4.78 is 0. The molecule has 0 amide bonds. The molecule has 56 valence electrons. The highest BCUT2D eigenvalue weighted by Gasteiger charge is 2.42. The minimum absolute atomic E-state index is 0.0348. The van der Waals surface area contributed by atoms with Gasteiger partial charge in [0.25, 0.3) is 0 Å². The third-order valence-electron chi connectivity index (χ3n) is 2.24. The van der Waals surface area contributed by atoms with E-state index in [4.69, 9.17) is 0 Å². The van der Waals surface area contributed by atoms with Crippen LogP contribution in [0.25, 0.3) is 0 Å². The molecule has 0 spiro atoms. The molecule has 10 heavy (non-hydrogen) atoms. The van der Waals surface area contributed by atoms with Crippen LogP contribution in [0.15, 0.2) is 12.2 Å². The van der Waals surface area contributed by atoms with Crippen molar-refractivity contribution >= 4 is 6.29 Å². The van der Waals surface area contributed by atoms with Crippen molar-refractivity contribution in [3.8, 4) is 0 Å². The van der Waals surface area contributed by atoms with Gasteiger partial charge in [-0.2, -0.15) is 0 Å². The van der Waals surface area contributed by atoms with Crippen LogP contribution in [0.5, 0.6) is 0 Å². The van der Waals surface area contributed by atoms with Gasteiger partial charge in [0.2, 0.25) is 0 Å². The molecule has 1 fully saturated rings. The summed E-state index contributed by atoms with van der Waals surface area (Å²) in [6.45, 7) is 5.97. The van der Waals surface area contributed by atoms with Gasteiger partial charge in [0.15, 0.2) is 0 Å². The Labute approximate surface area is 62.1 Å². The van der Waals surface area contributed by atoms with E-state index in [0.29, 0.717) is 0 Å². The Morgan fingerprint density at radius 2 is 2.30 bits per heavy atom. The normalized spacial score (nSPS) is 20.1. The summed E-state index contributed by atoms with van der Waals surface area (Å²) in [5.41, 5.74) is 1.25. The zero-order valence-corrected chi connectivity index (χ0v) is 6.52. The molecule has 1 aliphatic rings. The van der Waals surface area contributed by atoms with Gasteiger partial charge in [-0.3, -0.25) is 0 Å². The average Bonchev–Trinajstić information content (AvgIpc) is 2.70. The fourth-order valence-corrected chi connectivity index (χ4v) is 1.12. The average molecular weight is 138 g/mol. The second-order valence-corrected chi connectivity index (χ2v) is 3.26. The Hall–Kier alpha value is -0.590. The Kier molecular flexibility index (Phi) is 1.93. The first kappa shape index (κ1) is 7.52. The van der Waals surface area contributed by atoms with Gasteiger partial charge in [0.1, 0.15) is 6.29 Å². The third-order valence-corrected chi connectivity index (χ3v) is 2.24. The van der Waals surface area contributed by atoms with E-state index >= 15 is 0 Å². The predicted octanol–water partition coefficient (Wildman–Crippen LogP) is 2.32. The van der Waals surface area contributed by atoms with Crippen molar-refractivity contribution in [2.75, 3.05) is 0 Å². The molecule has 1 aliphatic carbocycles. The minimum Gasteiger partial charge on any atom is -0.303 e. The van der Waals surface area contributed by atoms with E-state index < -0.39 is 0 Å². The lowest BCUT2D eigenvalue weighted by Crippen LogP contribution is -2.02. The minimum atomic E-state index is 0.0348. The number of aldehydes is 1. The molecule has 1 heteroatoms. The topological polar surface area (TPSA) is 17.1 Å². The lowest BCUT2D eigenvalue weighted by Gasteiger charge is -2.06. The molecule has 0 aromatic rings. The molecule has 0 heterocycles. The molecule has 0 bridgehead atoms. The number of carbonyl (C=O) groups excluding carboxylic acids is 1. The maximum Gasteiger partial charge on any atom is 0.126 e. The monoisotopic (exact) mass is 138 g/mol. The van der Waals surface area contributed by atoms with E-state index in [2.05, 4.69) is 13.5 Å². The van der Waals surface area contributed by atoms with Gasteiger partial charge in [0, 0.05) is 5.41 Å². The molecular weight excluding hydrogens is 124 g/mol. The Balaban J connectivity index is 2.37. The number of carbonyl (C=O) groups is 1. The quantitative estimate of drug-likeness (QED) is 0.430. The Bertz CT molecular complexity index is 154. The van der Waals surface area contributed by atoms with Gasteiger partial charge in [-0.05, 0) is 25.7 Å². The van der Waals surface area contributed by atoms with Crippen molar-refractivity contribution in [3.63, 3.8) is 0 Å². The van der Waals surface area contributed by atoms with Gasteiger partial charge < -0.3 is 4.79 Å². The lowest BCUT2D eigenvalue weighted by molar-refractivity contribution is -0.112. The van der Waals surface area contributed by atoms with Crippen LogP contribution in [0.4, 0.5) is 0 Å². The Morgan fingerprint density at radius 3 is 2.60 bits per heavy atom. The summed E-state index contributed by atoms with van der Waals surface area (Å²) in [6.07, 6.45) is 5.20. The van der Waals surface area contributed by atoms with Crippen molar-refractivity contribution in [2.45, 2.75) is 32.6 Å². The van der Waals surface area contributed by atoms with Crippen molar-refractivity contribution < 1.29 is 4.79 Å². The van der Waals surface area contributed by atoms with Crippen LogP contribution >= 0.6 is 0 Å². The first-order valence-electron chi connectivity index (χ1n) is 3.85. The number of hydrogen-bond acceptors (Lipinski definition) is 1. The molecule has 1 saturated carbocycles. The smallest absolute Gasteiger partial charge is 0.126 e. The van der Waals surface area contributed by atoms with Crippen molar-refractivity contribution in [1.29, 1.82) is 0 Å². The van der Waals surface area contributed by atoms with Gasteiger partial charge in [-0.15, -0.1) is 0 Å². The van der Waals surface area contributed by atoms with Gasteiger partial charge in [-0.25, -0.2) is 0 Å². The third kappa shape index (κ3) is 1.47. The van der Waals surface area contributed by atoms with E-state index in [9.17, 15) is 4.79 Å². The number of allylic oxidation sites excluding steroid dienone is 1. The number of rotatable bonds is 4. The summed E-state index contributed by atoms with van der Waals surface area (Å²) in [6, 6.07) is 0.